The van der Waals surface area contributed by atoms with E-state index in [1.54, 1.807) is 13.0 Å². The molecule has 1 heterocycles. The molecule has 0 amide bonds. The van der Waals surface area contributed by atoms with Crippen LogP contribution in [0.3, 0.4) is 0 Å². The number of halogens is 2. The first-order valence-electron chi connectivity index (χ1n) is 5.42. The summed E-state index contributed by atoms with van der Waals surface area (Å²) in [5, 5.41) is 10.3. The smallest absolute Gasteiger partial charge is 0.127 e. The molecule has 2 unspecified atom stereocenters. The van der Waals surface area contributed by atoms with Gasteiger partial charge in [-0.25, -0.2) is 4.39 Å². The Morgan fingerprint density at radius 3 is 2.88 bits per heavy atom. The van der Waals surface area contributed by atoms with Crippen molar-refractivity contribution in [2.45, 2.75) is 19.1 Å². The lowest BCUT2D eigenvalue weighted by atomic mass is 10.0. The summed E-state index contributed by atoms with van der Waals surface area (Å²) < 4.78 is 23.9. The van der Waals surface area contributed by atoms with Crippen LogP contribution in [0.2, 0.25) is 5.02 Å². The van der Waals surface area contributed by atoms with Gasteiger partial charge in [-0.3, -0.25) is 0 Å². The Labute approximate surface area is 104 Å². The third-order valence-corrected chi connectivity index (χ3v) is 3.12. The minimum Gasteiger partial charge on any atom is -0.386 e. The summed E-state index contributed by atoms with van der Waals surface area (Å²) in [6, 6.07) is 2.75. The zero-order chi connectivity index (χ0) is 12.4. The lowest BCUT2D eigenvalue weighted by Gasteiger charge is -2.28. The molecule has 0 radical (unpaired) electrons. The number of hydrogen-bond donors (Lipinski definition) is 1. The van der Waals surface area contributed by atoms with Crippen molar-refractivity contribution in [1.29, 1.82) is 0 Å². The zero-order valence-corrected chi connectivity index (χ0v) is 10.2. The fourth-order valence-electron chi connectivity index (χ4n) is 1.79. The normalized spacial score (nSPS) is 22.5. The molecule has 1 aromatic rings. The van der Waals surface area contributed by atoms with Crippen LogP contribution in [0.15, 0.2) is 12.1 Å². The van der Waals surface area contributed by atoms with E-state index in [0.717, 1.165) is 0 Å². The number of aryl methyl sites for hydroxylation is 1. The van der Waals surface area contributed by atoms with Crippen LogP contribution in [-0.2, 0) is 9.47 Å². The van der Waals surface area contributed by atoms with Crippen molar-refractivity contribution in [2.75, 3.05) is 19.8 Å². The summed E-state index contributed by atoms with van der Waals surface area (Å²) >= 11 is 5.92. The van der Waals surface area contributed by atoms with Gasteiger partial charge < -0.3 is 14.6 Å². The molecule has 2 atom stereocenters. The fourth-order valence-corrected chi connectivity index (χ4v) is 2.06. The van der Waals surface area contributed by atoms with Gasteiger partial charge in [0, 0.05) is 10.6 Å². The predicted octanol–water partition coefficient (Wildman–Crippen LogP) is 2.24. The quantitative estimate of drug-likeness (QED) is 0.886. The molecule has 0 bridgehead atoms. The van der Waals surface area contributed by atoms with Crippen LogP contribution in [0.4, 0.5) is 4.39 Å². The van der Waals surface area contributed by atoms with Gasteiger partial charge in [-0.15, -0.1) is 0 Å². The summed E-state index contributed by atoms with van der Waals surface area (Å²) in [6.45, 7) is 2.91. The van der Waals surface area contributed by atoms with Gasteiger partial charge in [-0.1, -0.05) is 11.6 Å². The number of benzene rings is 1. The molecule has 1 aliphatic heterocycles. The second-order valence-electron chi connectivity index (χ2n) is 4.05. The first kappa shape index (κ1) is 12.8. The van der Waals surface area contributed by atoms with Gasteiger partial charge in [0.25, 0.3) is 0 Å². The molecule has 0 aliphatic carbocycles. The minimum absolute atomic E-state index is 0.203. The summed E-state index contributed by atoms with van der Waals surface area (Å²) in [6.07, 6.45) is -1.35. The average Bonchev–Trinajstić information content (AvgIpc) is 2.34. The van der Waals surface area contributed by atoms with E-state index < -0.39 is 12.2 Å². The first-order chi connectivity index (χ1) is 8.09. The van der Waals surface area contributed by atoms with Crippen molar-refractivity contribution in [2.24, 2.45) is 0 Å². The third-order valence-electron chi connectivity index (χ3n) is 2.79. The Morgan fingerprint density at radius 1 is 1.47 bits per heavy atom. The molecule has 1 saturated heterocycles. The molecule has 1 fully saturated rings. The van der Waals surface area contributed by atoms with Crippen molar-refractivity contribution in [1.82, 2.24) is 0 Å². The van der Waals surface area contributed by atoms with E-state index in [9.17, 15) is 9.50 Å². The SMILES string of the molecule is Cc1cc(C(O)C2COCCO2)c(Cl)cc1F. The molecule has 0 aromatic heterocycles. The van der Waals surface area contributed by atoms with Crippen LogP contribution in [0.25, 0.3) is 0 Å². The van der Waals surface area contributed by atoms with Crippen LogP contribution >= 0.6 is 11.6 Å². The lowest BCUT2D eigenvalue weighted by molar-refractivity contribution is -0.133. The Hall–Kier alpha value is -0.680. The highest BCUT2D eigenvalue weighted by Crippen LogP contribution is 2.29. The van der Waals surface area contributed by atoms with Gasteiger partial charge in [-0.2, -0.15) is 0 Å². The average molecular weight is 261 g/mol. The second kappa shape index (κ2) is 5.31. The monoisotopic (exact) mass is 260 g/mol. The summed E-state index contributed by atoms with van der Waals surface area (Å²) in [7, 11) is 0. The number of rotatable bonds is 2. The number of aliphatic hydroxyl groups is 1. The number of ether oxygens (including phenoxy) is 2. The maximum Gasteiger partial charge on any atom is 0.127 e. The minimum atomic E-state index is -0.901. The largest absolute Gasteiger partial charge is 0.386 e. The molecule has 3 nitrogen and oxygen atoms in total. The molecular formula is C12H14ClFO3. The topological polar surface area (TPSA) is 38.7 Å². The van der Waals surface area contributed by atoms with Crippen molar-refractivity contribution >= 4 is 11.6 Å². The Morgan fingerprint density at radius 2 is 2.24 bits per heavy atom. The summed E-state index contributed by atoms with van der Waals surface area (Å²) in [4.78, 5) is 0. The van der Waals surface area contributed by atoms with Gasteiger partial charge >= 0.3 is 0 Å². The first-order valence-corrected chi connectivity index (χ1v) is 5.80. The molecule has 17 heavy (non-hydrogen) atoms. The van der Waals surface area contributed by atoms with E-state index in [-0.39, 0.29) is 10.8 Å². The van der Waals surface area contributed by atoms with E-state index in [0.29, 0.717) is 30.9 Å². The number of hydrogen-bond acceptors (Lipinski definition) is 3. The fraction of sp³-hybridized carbons (Fsp3) is 0.500. The highest BCUT2D eigenvalue weighted by molar-refractivity contribution is 6.31. The number of aliphatic hydroxyl groups excluding tert-OH is 1. The van der Waals surface area contributed by atoms with Crippen LogP contribution in [-0.4, -0.2) is 31.0 Å². The molecule has 0 saturated carbocycles. The highest BCUT2D eigenvalue weighted by Gasteiger charge is 2.26. The molecule has 94 valence electrons. The van der Waals surface area contributed by atoms with E-state index >= 15 is 0 Å². The van der Waals surface area contributed by atoms with Gasteiger partial charge in [0.1, 0.15) is 18.0 Å². The zero-order valence-electron chi connectivity index (χ0n) is 9.45. The van der Waals surface area contributed by atoms with Crippen molar-refractivity contribution in [3.63, 3.8) is 0 Å². The van der Waals surface area contributed by atoms with Gasteiger partial charge in [-0.05, 0) is 24.6 Å². The molecule has 1 N–H and O–H groups in total. The lowest BCUT2D eigenvalue weighted by Crippen LogP contribution is -2.34. The van der Waals surface area contributed by atoms with Crippen molar-refractivity contribution < 1.29 is 19.0 Å². The predicted molar refractivity (Wildman–Crippen MR) is 61.7 cm³/mol. The van der Waals surface area contributed by atoms with Crippen LogP contribution in [0.5, 0.6) is 0 Å². The molecule has 0 spiro atoms. The molecule has 2 rings (SSSR count). The van der Waals surface area contributed by atoms with Gasteiger partial charge in [0.15, 0.2) is 0 Å². The molecular weight excluding hydrogens is 247 g/mol. The standard InChI is InChI=1S/C12H14ClFO3/c1-7-4-8(9(13)5-10(7)14)12(15)11-6-16-2-3-17-11/h4-5,11-12,15H,2-3,6H2,1H3. The van der Waals surface area contributed by atoms with Gasteiger partial charge in [0.05, 0.1) is 19.8 Å². The maximum absolute atomic E-state index is 13.2. The van der Waals surface area contributed by atoms with E-state index in [1.807, 2.05) is 0 Å². The van der Waals surface area contributed by atoms with Crippen LogP contribution < -0.4 is 0 Å². The Bertz CT molecular complexity index is 405. The highest BCUT2D eigenvalue weighted by atomic mass is 35.5. The summed E-state index contributed by atoms with van der Waals surface area (Å²) in [5.41, 5.74) is 0.918. The van der Waals surface area contributed by atoms with E-state index in [2.05, 4.69) is 0 Å². The van der Waals surface area contributed by atoms with E-state index in [4.69, 9.17) is 21.1 Å². The Kier molecular flexibility index (Phi) is 3.99. The van der Waals surface area contributed by atoms with Crippen LogP contribution in [0.1, 0.15) is 17.2 Å². The maximum atomic E-state index is 13.2. The molecule has 1 aromatic carbocycles. The Balaban J connectivity index is 2.23. The van der Waals surface area contributed by atoms with E-state index in [1.165, 1.54) is 6.07 Å². The second-order valence-corrected chi connectivity index (χ2v) is 4.46. The molecule has 5 heteroatoms. The molecule has 1 aliphatic rings. The summed E-state index contributed by atoms with van der Waals surface area (Å²) in [5.74, 6) is -0.383. The van der Waals surface area contributed by atoms with Gasteiger partial charge in [0.2, 0.25) is 0 Å². The van der Waals surface area contributed by atoms with Crippen LogP contribution in [0, 0.1) is 12.7 Å². The van der Waals surface area contributed by atoms with Crippen molar-refractivity contribution in [3.05, 3.63) is 34.1 Å². The third kappa shape index (κ3) is 2.77. The van der Waals surface area contributed by atoms with Crippen molar-refractivity contribution in [3.8, 4) is 0 Å².